The minimum absolute atomic E-state index is 0.0641. The molecule has 0 spiro atoms. The molecule has 12 nitrogen and oxygen atoms in total. The number of imide groups is 1. The number of hydrogen-bond acceptors (Lipinski definition) is 11. The first-order valence-electron chi connectivity index (χ1n) is 9.50. The maximum atomic E-state index is 13.0. The van der Waals surface area contributed by atoms with Crippen molar-refractivity contribution >= 4 is 29.7 Å². The molecule has 0 saturated carbocycles. The van der Waals surface area contributed by atoms with Crippen LogP contribution in [-0.4, -0.2) is 81.8 Å². The second-order valence-corrected chi connectivity index (χ2v) is 7.21. The quantitative estimate of drug-likeness (QED) is 0.324. The lowest BCUT2D eigenvalue weighted by molar-refractivity contribution is -0.356. The fraction of sp³-hybridized carbons (Fsp3) is 0.450. The molecule has 2 amide bonds. The van der Waals surface area contributed by atoms with Crippen molar-refractivity contribution in [1.29, 1.82) is 0 Å². The molecule has 1 aromatic rings. The number of nitrogens with zero attached hydrogens (tertiary/aromatic N) is 1. The Balaban J connectivity index is 2.09. The average Bonchev–Trinajstić information content (AvgIpc) is 2.97. The van der Waals surface area contributed by atoms with E-state index in [0.717, 1.165) is 20.8 Å². The van der Waals surface area contributed by atoms with E-state index in [1.807, 2.05) is 0 Å². The second kappa shape index (κ2) is 8.65. The van der Waals surface area contributed by atoms with E-state index in [9.17, 15) is 34.2 Å². The summed E-state index contributed by atoms with van der Waals surface area (Å²) in [6.45, 7) is 2.52. The van der Waals surface area contributed by atoms with E-state index in [4.69, 9.17) is 18.9 Å². The summed E-state index contributed by atoms with van der Waals surface area (Å²) < 4.78 is 20.4. The van der Waals surface area contributed by atoms with Crippen molar-refractivity contribution in [2.45, 2.75) is 51.1 Å². The number of fused-ring (bicyclic) bond motifs is 1. The van der Waals surface area contributed by atoms with E-state index in [2.05, 4.69) is 0 Å². The normalized spacial score (nSPS) is 29.3. The molecule has 0 aromatic heterocycles. The lowest BCUT2D eigenvalue weighted by Gasteiger charge is -2.50. The van der Waals surface area contributed by atoms with Crippen LogP contribution >= 0.6 is 0 Å². The first-order chi connectivity index (χ1) is 15.0. The SMILES string of the molecule is CC(=O)OC[C@H]1O[C@@H](O)[C@@](O)(N2C(=O)c3ccccc3C2=O)[C@@H](OC(C)=O)[C@@H]1OC(C)=O. The molecule has 0 bridgehead atoms. The molecule has 5 atom stereocenters. The van der Waals surface area contributed by atoms with Gasteiger partial charge in [-0.3, -0.25) is 24.0 Å². The number of carbonyl (C=O) groups excluding carboxylic acids is 5. The van der Waals surface area contributed by atoms with Crippen molar-refractivity contribution in [3.8, 4) is 0 Å². The highest BCUT2D eigenvalue weighted by Gasteiger charge is 2.66. The van der Waals surface area contributed by atoms with Gasteiger partial charge in [-0.25, -0.2) is 4.90 Å². The van der Waals surface area contributed by atoms with Gasteiger partial charge < -0.3 is 29.2 Å². The number of ether oxygens (including phenoxy) is 4. The van der Waals surface area contributed by atoms with Crippen LogP contribution in [0.3, 0.4) is 0 Å². The Morgan fingerprint density at radius 2 is 1.53 bits per heavy atom. The predicted molar refractivity (Wildman–Crippen MR) is 101 cm³/mol. The molecule has 3 rings (SSSR count). The van der Waals surface area contributed by atoms with Gasteiger partial charge in [0.05, 0.1) is 11.1 Å². The monoisotopic (exact) mass is 451 g/mol. The number of hydrogen-bond donors (Lipinski definition) is 2. The minimum Gasteiger partial charge on any atom is -0.463 e. The first kappa shape index (κ1) is 23.3. The summed E-state index contributed by atoms with van der Waals surface area (Å²) in [5, 5.41) is 22.2. The van der Waals surface area contributed by atoms with Crippen LogP contribution in [0.15, 0.2) is 24.3 Å². The van der Waals surface area contributed by atoms with Crippen molar-refractivity contribution < 1.29 is 53.1 Å². The summed E-state index contributed by atoms with van der Waals surface area (Å²) in [5.74, 6) is -4.59. The molecule has 0 unspecified atom stereocenters. The number of amides is 2. The molecule has 12 heteroatoms. The van der Waals surface area contributed by atoms with E-state index in [1.165, 1.54) is 24.3 Å². The largest absolute Gasteiger partial charge is 0.463 e. The summed E-state index contributed by atoms with van der Waals surface area (Å²) in [6, 6.07) is 5.66. The Morgan fingerprint density at radius 3 is 2.00 bits per heavy atom. The Morgan fingerprint density at radius 1 is 1.00 bits per heavy atom. The van der Waals surface area contributed by atoms with Crippen molar-refractivity contribution in [2.75, 3.05) is 6.61 Å². The third-order valence-electron chi connectivity index (χ3n) is 4.95. The lowest BCUT2D eigenvalue weighted by Crippen LogP contribution is -2.75. The summed E-state index contributed by atoms with van der Waals surface area (Å²) in [6.07, 6.45) is -7.36. The van der Waals surface area contributed by atoms with Crippen LogP contribution in [0, 0.1) is 0 Å². The smallest absolute Gasteiger partial charge is 0.303 e. The van der Waals surface area contributed by atoms with Gasteiger partial charge in [0.1, 0.15) is 12.7 Å². The third-order valence-corrected chi connectivity index (χ3v) is 4.95. The van der Waals surface area contributed by atoms with Gasteiger partial charge in [-0.1, -0.05) is 12.1 Å². The van der Waals surface area contributed by atoms with Gasteiger partial charge in [0.2, 0.25) is 12.0 Å². The molecule has 2 aliphatic heterocycles. The van der Waals surface area contributed by atoms with Gasteiger partial charge in [-0.15, -0.1) is 0 Å². The van der Waals surface area contributed by atoms with Crippen LogP contribution in [0.25, 0.3) is 0 Å². The Bertz CT molecular complexity index is 941. The minimum atomic E-state index is -2.98. The fourth-order valence-corrected chi connectivity index (χ4v) is 3.67. The van der Waals surface area contributed by atoms with Crippen molar-refractivity contribution in [1.82, 2.24) is 4.90 Å². The maximum Gasteiger partial charge on any atom is 0.303 e. The molecular weight excluding hydrogens is 430 g/mol. The van der Waals surface area contributed by atoms with Crippen LogP contribution in [-0.2, 0) is 33.3 Å². The number of esters is 3. The van der Waals surface area contributed by atoms with Crippen molar-refractivity contribution in [2.24, 2.45) is 0 Å². The summed E-state index contributed by atoms with van der Waals surface area (Å²) in [4.78, 5) is 61.0. The highest BCUT2D eigenvalue weighted by Crippen LogP contribution is 2.40. The maximum absolute atomic E-state index is 13.0. The van der Waals surface area contributed by atoms with Gasteiger partial charge in [-0.05, 0) is 12.1 Å². The summed E-state index contributed by atoms with van der Waals surface area (Å²) in [5.41, 5.74) is -3.11. The predicted octanol–water partition coefficient (Wildman–Crippen LogP) is -0.885. The molecule has 0 radical (unpaired) electrons. The van der Waals surface area contributed by atoms with Crippen LogP contribution in [0.5, 0.6) is 0 Å². The van der Waals surface area contributed by atoms with Crippen LogP contribution in [0.1, 0.15) is 41.5 Å². The van der Waals surface area contributed by atoms with Gasteiger partial charge in [0, 0.05) is 20.8 Å². The van der Waals surface area contributed by atoms with E-state index in [-0.39, 0.29) is 11.1 Å². The molecule has 1 fully saturated rings. The molecule has 2 N–H and O–H groups in total. The zero-order valence-corrected chi connectivity index (χ0v) is 17.3. The summed E-state index contributed by atoms with van der Waals surface area (Å²) in [7, 11) is 0. The Hall–Kier alpha value is -3.35. The Labute approximate surface area is 181 Å². The fourth-order valence-electron chi connectivity index (χ4n) is 3.67. The average molecular weight is 451 g/mol. The number of aliphatic hydroxyl groups excluding tert-OH is 1. The van der Waals surface area contributed by atoms with Gasteiger partial charge in [0.15, 0.2) is 12.2 Å². The van der Waals surface area contributed by atoms with E-state index >= 15 is 0 Å². The third kappa shape index (κ3) is 3.95. The number of rotatable bonds is 5. The van der Waals surface area contributed by atoms with Gasteiger partial charge in [-0.2, -0.15) is 0 Å². The van der Waals surface area contributed by atoms with Crippen molar-refractivity contribution in [3.63, 3.8) is 0 Å². The lowest BCUT2D eigenvalue weighted by atomic mass is 9.91. The van der Waals surface area contributed by atoms with Gasteiger partial charge >= 0.3 is 17.9 Å². The zero-order valence-electron chi connectivity index (χ0n) is 17.3. The van der Waals surface area contributed by atoms with E-state index in [1.54, 1.807) is 0 Å². The van der Waals surface area contributed by atoms with Gasteiger partial charge in [0.25, 0.3) is 11.8 Å². The first-order valence-corrected chi connectivity index (χ1v) is 9.50. The highest BCUT2D eigenvalue weighted by atomic mass is 16.7. The molecule has 2 heterocycles. The number of benzene rings is 1. The standard InChI is InChI=1S/C20H21NO11/c1-9(22)29-8-14-15(30-10(2)23)16(31-11(3)24)20(28,19(27)32-14)21-17(25)12-6-4-5-7-13(12)18(21)26/h4-7,14-16,19,27-28H,8H2,1-3H3/t14-,15-,16+,19-,20-/m1/s1. The Kier molecular flexibility index (Phi) is 6.30. The molecular formula is C20H21NO11. The highest BCUT2D eigenvalue weighted by molar-refractivity contribution is 6.21. The molecule has 0 aliphatic carbocycles. The molecule has 172 valence electrons. The van der Waals surface area contributed by atoms with E-state index in [0.29, 0.717) is 4.90 Å². The molecule has 32 heavy (non-hydrogen) atoms. The van der Waals surface area contributed by atoms with Crippen LogP contribution in [0.2, 0.25) is 0 Å². The van der Waals surface area contributed by atoms with Crippen LogP contribution in [0.4, 0.5) is 0 Å². The number of aliphatic hydroxyl groups is 2. The molecule has 2 aliphatic rings. The number of carbonyl (C=O) groups is 5. The van der Waals surface area contributed by atoms with Crippen LogP contribution < -0.4 is 0 Å². The summed E-state index contributed by atoms with van der Waals surface area (Å²) >= 11 is 0. The molecule has 1 aromatic carbocycles. The topological polar surface area (TPSA) is 166 Å². The molecule has 1 saturated heterocycles. The second-order valence-electron chi connectivity index (χ2n) is 7.21. The van der Waals surface area contributed by atoms with E-state index < -0.39 is 66.7 Å². The zero-order chi connectivity index (χ0) is 23.8. The van der Waals surface area contributed by atoms with Crippen molar-refractivity contribution in [3.05, 3.63) is 35.4 Å².